The Labute approximate surface area is 113 Å². The molecule has 1 aromatic carbocycles. The van der Waals surface area contributed by atoms with Crippen LogP contribution >= 0.6 is 0 Å². The summed E-state index contributed by atoms with van der Waals surface area (Å²) in [6, 6.07) is 0.894. The van der Waals surface area contributed by atoms with Crippen LogP contribution in [-0.4, -0.2) is 19.9 Å². The Kier molecular flexibility index (Phi) is 4.88. The van der Waals surface area contributed by atoms with Gasteiger partial charge in [0.25, 0.3) is 11.4 Å². The molecule has 1 aromatic rings. The first-order valence-electron chi connectivity index (χ1n) is 3.64. The number of nitro benzene ring substituents is 3. The number of phenols is 1. The molecule has 0 aliphatic heterocycles. The molecule has 1 rings (SSSR count). The van der Waals surface area contributed by atoms with Gasteiger partial charge in [-0.3, -0.25) is 30.3 Å². The van der Waals surface area contributed by atoms with Crippen molar-refractivity contribution in [3.8, 4) is 5.75 Å². The Morgan fingerprint density at radius 1 is 0.882 bits per heavy atom. The molecule has 0 aliphatic rings. The molecular weight excluding hydrogens is 427 g/mol. The molecule has 0 bridgehead atoms. The smallest absolute Gasteiger partial charge is 0.324 e. The predicted octanol–water partition coefficient (Wildman–Crippen LogP) is 1.11. The number of rotatable bonds is 3. The third-order valence-electron chi connectivity index (χ3n) is 1.66. The number of nitro groups is 3. The monoisotopic (exact) mass is 431 g/mol. The van der Waals surface area contributed by atoms with Gasteiger partial charge in [-0.1, -0.05) is 0 Å². The largest absolute Gasteiger partial charge is 0.497 e. The summed E-state index contributed by atoms with van der Waals surface area (Å²) in [7, 11) is 0. The van der Waals surface area contributed by atoms with Gasteiger partial charge >= 0.3 is 11.4 Å². The van der Waals surface area contributed by atoms with Crippen molar-refractivity contribution < 1.29 is 47.5 Å². The molecule has 0 aromatic heterocycles. The average Bonchev–Trinajstić information content (AvgIpc) is 2.16. The Balaban J connectivity index is 0.00000256. The van der Waals surface area contributed by atoms with Gasteiger partial charge in [-0.15, -0.1) is 0 Å². The number of aromatic hydroxyl groups is 1. The predicted molar refractivity (Wildman–Crippen MR) is 48.1 cm³/mol. The van der Waals surface area contributed by atoms with Crippen LogP contribution in [0.4, 0.5) is 17.1 Å². The zero-order chi connectivity index (χ0) is 12.5. The summed E-state index contributed by atoms with van der Waals surface area (Å²) in [5, 5.41) is 40.2. The van der Waals surface area contributed by atoms with Crippen LogP contribution in [0.2, 0.25) is 0 Å². The Bertz CT molecular complexity index is 467. The van der Waals surface area contributed by atoms with Gasteiger partial charge in [0.2, 0.25) is 0 Å². The standard InChI is InChI=1S/C6H3N3O7.Hg/c10-6-4(8(13)14)1-3(7(11)12)2-5(6)9(15)16;/h1-2,10H;. The second kappa shape index (κ2) is 5.47. The molecule has 0 heterocycles. The SMILES string of the molecule is O=[N+]([O-])c1cc([N+](=O)[O-])c(O)c([N+](=O)[O-])c1.[Hg]. The number of benzene rings is 1. The van der Waals surface area contributed by atoms with Crippen LogP contribution in [0.5, 0.6) is 5.75 Å². The Hall–Kier alpha value is -1.84. The van der Waals surface area contributed by atoms with Crippen LogP contribution in [0.15, 0.2) is 12.1 Å². The normalized spacial score (nSPS) is 9.18. The molecule has 0 saturated heterocycles. The maximum absolute atomic E-state index is 10.4. The number of hydrogen-bond donors (Lipinski definition) is 1. The van der Waals surface area contributed by atoms with Crippen molar-refractivity contribution in [3.05, 3.63) is 42.5 Å². The third-order valence-corrected chi connectivity index (χ3v) is 1.66. The molecule has 11 heteroatoms. The van der Waals surface area contributed by atoms with E-state index in [2.05, 4.69) is 0 Å². The molecule has 86 valence electrons. The van der Waals surface area contributed by atoms with E-state index in [9.17, 15) is 30.3 Å². The fourth-order valence-corrected chi connectivity index (χ4v) is 0.974. The van der Waals surface area contributed by atoms with Gasteiger partial charge < -0.3 is 5.11 Å². The molecule has 0 atom stereocenters. The van der Waals surface area contributed by atoms with Gasteiger partial charge in [-0.05, 0) is 0 Å². The van der Waals surface area contributed by atoms with Crippen LogP contribution in [0.3, 0.4) is 0 Å². The van der Waals surface area contributed by atoms with E-state index >= 15 is 0 Å². The van der Waals surface area contributed by atoms with Gasteiger partial charge in [0.15, 0.2) is 0 Å². The minimum absolute atomic E-state index is 0. The molecule has 17 heavy (non-hydrogen) atoms. The number of phenolic OH excluding ortho intramolecular Hbond substituents is 1. The summed E-state index contributed by atoms with van der Waals surface area (Å²) in [6.45, 7) is 0. The van der Waals surface area contributed by atoms with Crippen molar-refractivity contribution in [2.45, 2.75) is 0 Å². The second-order valence-electron chi connectivity index (χ2n) is 2.60. The topological polar surface area (TPSA) is 150 Å². The zero-order valence-corrected chi connectivity index (χ0v) is 13.6. The van der Waals surface area contributed by atoms with Crippen molar-refractivity contribution in [1.29, 1.82) is 0 Å². The molecule has 0 fully saturated rings. The fourth-order valence-electron chi connectivity index (χ4n) is 0.974. The maximum atomic E-state index is 10.4. The van der Waals surface area contributed by atoms with Crippen LogP contribution in [-0.2, 0) is 27.7 Å². The van der Waals surface area contributed by atoms with Crippen molar-refractivity contribution in [1.82, 2.24) is 0 Å². The van der Waals surface area contributed by atoms with Crippen LogP contribution < -0.4 is 0 Å². The molecule has 0 spiro atoms. The number of nitrogens with zero attached hydrogens (tertiary/aromatic N) is 3. The summed E-state index contributed by atoms with van der Waals surface area (Å²) in [6.07, 6.45) is 0. The minimum atomic E-state index is -1.21. The first-order valence-corrected chi connectivity index (χ1v) is 3.64. The fraction of sp³-hybridized carbons (Fsp3) is 0. The van der Waals surface area contributed by atoms with Gasteiger partial charge in [0.05, 0.1) is 26.9 Å². The zero-order valence-electron chi connectivity index (χ0n) is 8.10. The molecule has 0 radical (unpaired) electrons. The van der Waals surface area contributed by atoms with E-state index < -0.39 is 37.6 Å². The van der Waals surface area contributed by atoms with E-state index in [0.29, 0.717) is 12.1 Å². The van der Waals surface area contributed by atoms with Crippen molar-refractivity contribution in [3.63, 3.8) is 0 Å². The quantitative estimate of drug-likeness (QED) is 0.429. The Morgan fingerprint density at radius 2 is 1.24 bits per heavy atom. The van der Waals surface area contributed by atoms with E-state index in [-0.39, 0.29) is 27.7 Å². The molecule has 0 aliphatic carbocycles. The molecule has 1 N–H and O–H groups in total. The van der Waals surface area contributed by atoms with Crippen LogP contribution in [0.25, 0.3) is 0 Å². The Morgan fingerprint density at radius 3 is 1.47 bits per heavy atom. The maximum Gasteiger partial charge on any atom is 0.324 e. The van der Waals surface area contributed by atoms with Gasteiger partial charge in [-0.2, -0.15) is 0 Å². The van der Waals surface area contributed by atoms with E-state index in [4.69, 9.17) is 5.11 Å². The van der Waals surface area contributed by atoms with E-state index in [0.717, 1.165) is 0 Å². The average molecular weight is 430 g/mol. The van der Waals surface area contributed by atoms with E-state index in [1.165, 1.54) is 0 Å². The van der Waals surface area contributed by atoms with Gasteiger partial charge in [0.1, 0.15) is 0 Å². The van der Waals surface area contributed by atoms with E-state index in [1.807, 2.05) is 0 Å². The first kappa shape index (κ1) is 15.2. The minimum Gasteiger partial charge on any atom is -0.497 e. The van der Waals surface area contributed by atoms with Crippen LogP contribution in [0, 0.1) is 30.3 Å². The summed E-state index contributed by atoms with van der Waals surface area (Å²) in [5.41, 5.74) is -3.00. The number of non-ortho nitro benzene ring substituents is 1. The van der Waals surface area contributed by atoms with Crippen molar-refractivity contribution in [2.75, 3.05) is 0 Å². The molecule has 0 amide bonds. The van der Waals surface area contributed by atoms with Crippen LogP contribution in [0.1, 0.15) is 0 Å². The van der Waals surface area contributed by atoms with E-state index in [1.54, 1.807) is 0 Å². The molecule has 0 saturated carbocycles. The van der Waals surface area contributed by atoms with Gasteiger partial charge in [0, 0.05) is 27.7 Å². The summed E-state index contributed by atoms with van der Waals surface area (Å²) in [5.74, 6) is -1.21. The summed E-state index contributed by atoms with van der Waals surface area (Å²) >= 11 is 0. The van der Waals surface area contributed by atoms with Crippen molar-refractivity contribution in [2.24, 2.45) is 0 Å². The summed E-state index contributed by atoms with van der Waals surface area (Å²) in [4.78, 5) is 27.8. The molecule has 0 unspecified atom stereocenters. The molecular formula is C6H3HgN3O7. The first-order chi connectivity index (χ1) is 7.34. The van der Waals surface area contributed by atoms with Gasteiger partial charge in [-0.25, -0.2) is 0 Å². The summed E-state index contributed by atoms with van der Waals surface area (Å²) < 4.78 is 0. The number of hydrogen-bond acceptors (Lipinski definition) is 7. The van der Waals surface area contributed by atoms with Crippen molar-refractivity contribution >= 4 is 17.1 Å². The second-order valence-corrected chi connectivity index (χ2v) is 2.60. The third kappa shape index (κ3) is 3.06. The molecule has 10 nitrogen and oxygen atoms in total.